The molecule has 2 rings (SSSR count). The molecule has 2 aromatic rings. The monoisotopic (exact) mass is 315 g/mol. The molecule has 0 unspecified atom stereocenters. The van der Waals surface area contributed by atoms with Crippen LogP contribution in [0, 0.1) is 6.92 Å². The van der Waals surface area contributed by atoms with Gasteiger partial charge in [-0.2, -0.15) is 0 Å². The molecule has 0 atom stereocenters. The summed E-state index contributed by atoms with van der Waals surface area (Å²) in [5.41, 5.74) is 3.54. The number of aryl methyl sites for hydroxylation is 1. The van der Waals surface area contributed by atoms with Crippen molar-refractivity contribution in [2.24, 2.45) is 0 Å². The molecule has 0 spiro atoms. The Morgan fingerprint density at radius 1 is 1.04 bits per heavy atom. The largest absolute Gasteiger partial charge is 0.489 e. The van der Waals surface area contributed by atoms with Crippen LogP contribution in [0.15, 0.2) is 48.5 Å². The molecule has 0 radical (unpaired) electrons. The van der Waals surface area contributed by atoms with Crippen LogP contribution >= 0.6 is 0 Å². The lowest BCUT2D eigenvalue weighted by atomic mass is 10.1. The van der Waals surface area contributed by atoms with Gasteiger partial charge in [-0.25, -0.2) is 0 Å². The Morgan fingerprint density at radius 2 is 1.91 bits per heavy atom. The van der Waals surface area contributed by atoms with E-state index in [4.69, 9.17) is 14.6 Å². The fourth-order valence-corrected chi connectivity index (χ4v) is 2.29. The highest BCUT2D eigenvalue weighted by Crippen LogP contribution is 2.19. The topological polar surface area (TPSA) is 50.7 Å². The minimum Gasteiger partial charge on any atom is -0.489 e. The number of aliphatic hydroxyl groups is 1. The summed E-state index contributed by atoms with van der Waals surface area (Å²) in [6.45, 7) is 5.16. The van der Waals surface area contributed by atoms with Crippen LogP contribution < -0.4 is 10.1 Å². The summed E-state index contributed by atoms with van der Waals surface area (Å²) in [7, 11) is 0. The molecule has 124 valence electrons. The number of nitrogens with one attached hydrogen (secondary N) is 1. The van der Waals surface area contributed by atoms with Crippen LogP contribution in [-0.2, 0) is 17.9 Å². The standard InChI is InChI=1S/C19H25NO3/c1-16-5-4-6-17(13-16)15-23-19-8-3-2-7-18(19)14-20-9-11-22-12-10-21/h2-8,13,20-21H,9-12,14-15H2,1H3. The maximum Gasteiger partial charge on any atom is 0.124 e. The first-order valence-electron chi connectivity index (χ1n) is 7.95. The number of ether oxygens (including phenoxy) is 2. The highest BCUT2D eigenvalue weighted by atomic mass is 16.5. The van der Waals surface area contributed by atoms with E-state index in [0.717, 1.165) is 24.4 Å². The van der Waals surface area contributed by atoms with E-state index in [1.165, 1.54) is 11.1 Å². The molecule has 0 heterocycles. The van der Waals surface area contributed by atoms with Crippen molar-refractivity contribution in [1.82, 2.24) is 5.32 Å². The molecule has 0 aliphatic carbocycles. The van der Waals surface area contributed by atoms with E-state index >= 15 is 0 Å². The van der Waals surface area contributed by atoms with Crippen LogP contribution in [-0.4, -0.2) is 31.5 Å². The Bertz CT molecular complexity index is 586. The molecule has 0 saturated carbocycles. The fourth-order valence-electron chi connectivity index (χ4n) is 2.29. The molecule has 0 amide bonds. The van der Waals surface area contributed by atoms with Crippen molar-refractivity contribution in [3.05, 3.63) is 65.2 Å². The van der Waals surface area contributed by atoms with Crippen molar-refractivity contribution in [3.63, 3.8) is 0 Å². The van der Waals surface area contributed by atoms with Gasteiger partial charge in [0.15, 0.2) is 0 Å². The van der Waals surface area contributed by atoms with Crippen molar-refractivity contribution in [1.29, 1.82) is 0 Å². The van der Waals surface area contributed by atoms with E-state index in [0.29, 0.717) is 19.8 Å². The molecule has 4 heteroatoms. The summed E-state index contributed by atoms with van der Waals surface area (Å²) in [5, 5.41) is 12.0. The Balaban J connectivity index is 1.82. The van der Waals surface area contributed by atoms with Crippen LogP contribution in [0.4, 0.5) is 0 Å². The van der Waals surface area contributed by atoms with Gasteiger partial charge in [-0.05, 0) is 18.6 Å². The molecule has 0 aliphatic heterocycles. The fraction of sp³-hybridized carbons (Fsp3) is 0.368. The van der Waals surface area contributed by atoms with E-state index < -0.39 is 0 Å². The molecular formula is C19H25NO3. The summed E-state index contributed by atoms with van der Waals surface area (Å²) in [4.78, 5) is 0. The maximum absolute atomic E-state index is 8.65. The Labute approximate surface area is 138 Å². The predicted octanol–water partition coefficient (Wildman–Crippen LogP) is 2.67. The Hall–Kier alpha value is -1.88. The smallest absolute Gasteiger partial charge is 0.124 e. The van der Waals surface area contributed by atoms with Gasteiger partial charge in [-0.1, -0.05) is 48.0 Å². The molecule has 4 nitrogen and oxygen atoms in total. The Kier molecular flexibility index (Phi) is 7.60. The second-order valence-electron chi connectivity index (χ2n) is 5.40. The minimum atomic E-state index is 0.0651. The summed E-state index contributed by atoms with van der Waals surface area (Å²) in [6.07, 6.45) is 0. The highest BCUT2D eigenvalue weighted by Gasteiger charge is 2.03. The van der Waals surface area contributed by atoms with Gasteiger partial charge in [-0.3, -0.25) is 0 Å². The average Bonchev–Trinajstić information content (AvgIpc) is 2.57. The summed E-state index contributed by atoms with van der Waals surface area (Å²) in [6, 6.07) is 16.4. The zero-order valence-electron chi connectivity index (χ0n) is 13.6. The van der Waals surface area contributed by atoms with Crippen molar-refractivity contribution in [2.45, 2.75) is 20.1 Å². The van der Waals surface area contributed by atoms with E-state index in [9.17, 15) is 0 Å². The molecule has 0 fully saturated rings. The van der Waals surface area contributed by atoms with Gasteiger partial charge in [0.2, 0.25) is 0 Å². The number of aliphatic hydroxyl groups excluding tert-OH is 1. The molecule has 0 saturated heterocycles. The van der Waals surface area contributed by atoms with E-state index in [1.54, 1.807) is 0 Å². The van der Waals surface area contributed by atoms with Crippen molar-refractivity contribution in [3.8, 4) is 5.75 Å². The van der Waals surface area contributed by atoms with Crippen LogP contribution in [0.5, 0.6) is 5.75 Å². The number of rotatable bonds is 10. The lowest BCUT2D eigenvalue weighted by molar-refractivity contribution is 0.0937. The third-order valence-electron chi connectivity index (χ3n) is 3.42. The molecule has 0 aromatic heterocycles. The van der Waals surface area contributed by atoms with Crippen LogP contribution in [0.25, 0.3) is 0 Å². The lowest BCUT2D eigenvalue weighted by Crippen LogP contribution is -2.20. The minimum absolute atomic E-state index is 0.0651. The summed E-state index contributed by atoms with van der Waals surface area (Å²) < 4.78 is 11.2. The third kappa shape index (κ3) is 6.40. The zero-order chi connectivity index (χ0) is 16.3. The van der Waals surface area contributed by atoms with Gasteiger partial charge < -0.3 is 19.9 Å². The predicted molar refractivity (Wildman–Crippen MR) is 91.6 cm³/mol. The van der Waals surface area contributed by atoms with Crippen molar-refractivity contribution >= 4 is 0 Å². The van der Waals surface area contributed by atoms with Gasteiger partial charge in [0.05, 0.1) is 19.8 Å². The lowest BCUT2D eigenvalue weighted by Gasteiger charge is -2.12. The van der Waals surface area contributed by atoms with Crippen LogP contribution in [0.3, 0.4) is 0 Å². The summed E-state index contributed by atoms with van der Waals surface area (Å²) >= 11 is 0. The van der Waals surface area contributed by atoms with Gasteiger partial charge in [0, 0.05) is 18.7 Å². The molecule has 0 aliphatic rings. The number of hydrogen-bond donors (Lipinski definition) is 2. The van der Waals surface area contributed by atoms with Crippen molar-refractivity contribution in [2.75, 3.05) is 26.4 Å². The number of benzene rings is 2. The molecule has 23 heavy (non-hydrogen) atoms. The zero-order valence-corrected chi connectivity index (χ0v) is 13.6. The maximum atomic E-state index is 8.65. The van der Waals surface area contributed by atoms with Crippen LogP contribution in [0.2, 0.25) is 0 Å². The highest BCUT2D eigenvalue weighted by molar-refractivity contribution is 5.33. The molecule has 0 bridgehead atoms. The van der Waals surface area contributed by atoms with Gasteiger partial charge in [0.1, 0.15) is 12.4 Å². The van der Waals surface area contributed by atoms with Crippen molar-refractivity contribution < 1.29 is 14.6 Å². The van der Waals surface area contributed by atoms with E-state index in [2.05, 4.69) is 36.5 Å². The van der Waals surface area contributed by atoms with E-state index in [1.807, 2.05) is 24.3 Å². The van der Waals surface area contributed by atoms with Gasteiger partial charge >= 0.3 is 0 Å². The second kappa shape index (κ2) is 10.0. The molecular weight excluding hydrogens is 290 g/mol. The quantitative estimate of drug-likeness (QED) is 0.662. The molecule has 2 aromatic carbocycles. The molecule has 2 N–H and O–H groups in total. The van der Waals surface area contributed by atoms with Gasteiger partial charge in [-0.15, -0.1) is 0 Å². The van der Waals surface area contributed by atoms with Crippen LogP contribution in [0.1, 0.15) is 16.7 Å². The first-order valence-corrected chi connectivity index (χ1v) is 7.95. The SMILES string of the molecule is Cc1cccc(COc2ccccc2CNCCOCCO)c1. The second-order valence-corrected chi connectivity index (χ2v) is 5.40. The first kappa shape index (κ1) is 17.5. The number of hydrogen-bond acceptors (Lipinski definition) is 4. The average molecular weight is 315 g/mol. The first-order chi connectivity index (χ1) is 11.3. The van der Waals surface area contributed by atoms with E-state index in [-0.39, 0.29) is 6.61 Å². The number of para-hydroxylation sites is 1. The Morgan fingerprint density at radius 3 is 2.74 bits per heavy atom. The van der Waals surface area contributed by atoms with Gasteiger partial charge in [0.25, 0.3) is 0 Å². The summed E-state index contributed by atoms with van der Waals surface area (Å²) in [5.74, 6) is 0.901. The third-order valence-corrected chi connectivity index (χ3v) is 3.42. The normalized spacial score (nSPS) is 10.7.